The highest BCUT2D eigenvalue weighted by atomic mass is 16.5. The number of esters is 1. The smallest absolute Gasteiger partial charge is 0.320 e. The molecule has 4 heteroatoms. The van der Waals surface area contributed by atoms with Crippen LogP contribution < -0.4 is 5.32 Å². The van der Waals surface area contributed by atoms with Gasteiger partial charge >= 0.3 is 5.97 Å². The van der Waals surface area contributed by atoms with E-state index >= 15 is 0 Å². The molecule has 0 spiro atoms. The fourth-order valence-electron chi connectivity index (χ4n) is 2.55. The van der Waals surface area contributed by atoms with Gasteiger partial charge in [-0.2, -0.15) is 0 Å². The number of likely N-dealkylation sites (N-methyl/N-ethyl adjacent to an activating group) is 1. The molecule has 0 fully saturated rings. The molecule has 4 nitrogen and oxygen atoms in total. The Morgan fingerprint density at radius 3 is 1.91 bits per heavy atom. The van der Waals surface area contributed by atoms with Crippen LogP contribution in [0.5, 0.6) is 0 Å². The van der Waals surface area contributed by atoms with Gasteiger partial charge in [0.2, 0.25) is 0 Å². The van der Waals surface area contributed by atoms with E-state index in [2.05, 4.69) is 12.2 Å². The molecule has 0 radical (unpaired) electrons. The molecule has 0 aliphatic heterocycles. The highest BCUT2D eigenvalue weighted by molar-refractivity contribution is 5.71. The number of rotatable bonds is 17. The predicted molar refractivity (Wildman–Crippen MR) is 98.8 cm³/mol. The van der Waals surface area contributed by atoms with E-state index in [1.165, 1.54) is 64.2 Å². The third-order valence-electron chi connectivity index (χ3n) is 3.91. The molecule has 138 valence electrons. The summed E-state index contributed by atoms with van der Waals surface area (Å²) in [5.41, 5.74) is 0. The third kappa shape index (κ3) is 19.3. The second-order valence-electron chi connectivity index (χ2n) is 6.74. The van der Waals surface area contributed by atoms with Crippen LogP contribution >= 0.6 is 0 Å². The molecule has 0 amide bonds. The Bertz CT molecular complexity index is 258. The van der Waals surface area contributed by atoms with Gasteiger partial charge in [-0.1, -0.05) is 64.7 Å². The van der Waals surface area contributed by atoms with Crippen molar-refractivity contribution in [2.24, 2.45) is 0 Å². The molecular formula is C19H40N2O2. The van der Waals surface area contributed by atoms with Crippen molar-refractivity contribution in [3.63, 3.8) is 0 Å². The van der Waals surface area contributed by atoms with Crippen molar-refractivity contribution >= 4 is 5.97 Å². The Hall–Kier alpha value is -0.610. The first-order valence-electron chi connectivity index (χ1n) is 9.68. The maximum atomic E-state index is 11.3. The molecule has 0 saturated heterocycles. The Labute approximate surface area is 144 Å². The minimum absolute atomic E-state index is 0.135. The van der Waals surface area contributed by atoms with Crippen molar-refractivity contribution < 1.29 is 9.53 Å². The largest absolute Gasteiger partial charge is 0.465 e. The van der Waals surface area contributed by atoms with Crippen molar-refractivity contribution in [2.75, 3.05) is 40.3 Å². The Kier molecular flexibility index (Phi) is 17.3. The van der Waals surface area contributed by atoms with Crippen LogP contribution in [0.25, 0.3) is 0 Å². The number of nitrogens with one attached hydrogen (secondary N) is 1. The SMILES string of the molecule is CCCCCCCCCCCCNCCCOC(=O)CN(C)C. The zero-order valence-corrected chi connectivity index (χ0v) is 15.9. The summed E-state index contributed by atoms with van der Waals surface area (Å²) in [5.74, 6) is -0.135. The van der Waals surface area contributed by atoms with E-state index in [9.17, 15) is 4.79 Å². The second kappa shape index (κ2) is 17.7. The first-order chi connectivity index (χ1) is 11.2. The fraction of sp³-hybridized carbons (Fsp3) is 0.947. The summed E-state index contributed by atoms with van der Waals surface area (Å²) in [6.45, 7) is 5.18. The van der Waals surface area contributed by atoms with Crippen LogP contribution in [0.1, 0.15) is 77.6 Å². The van der Waals surface area contributed by atoms with Gasteiger partial charge in [0.15, 0.2) is 0 Å². The van der Waals surface area contributed by atoms with Gasteiger partial charge in [0, 0.05) is 0 Å². The maximum absolute atomic E-state index is 11.3. The van der Waals surface area contributed by atoms with Gasteiger partial charge in [0.1, 0.15) is 0 Å². The molecule has 0 rings (SSSR count). The van der Waals surface area contributed by atoms with Gasteiger partial charge in [0.25, 0.3) is 0 Å². The number of unbranched alkanes of at least 4 members (excludes halogenated alkanes) is 9. The molecule has 1 N–H and O–H groups in total. The molecular weight excluding hydrogens is 288 g/mol. The summed E-state index contributed by atoms with van der Waals surface area (Å²) in [4.78, 5) is 13.1. The van der Waals surface area contributed by atoms with Crippen molar-refractivity contribution in [2.45, 2.75) is 77.6 Å². The zero-order valence-electron chi connectivity index (χ0n) is 15.9. The molecule has 0 heterocycles. The number of nitrogens with zero attached hydrogens (tertiary/aromatic N) is 1. The lowest BCUT2D eigenvalue weighted by Crippen LogP contribution is -2.25. The van der Waals surface area contributed by atoms with E-state index in [1.807, 2.05) is 19.0 Å². The van der Waals surface area contributed by atoms with Crippen LogP contribution in [0.4, 0.5) is 0 Å². The van der Waals surface area contributed by atoms with Crippen LogP contribution in [0.3, 0.4) is 0 Å². The van der Waals surface area contributed by atoms with Gasteiger partial charge in [-0.3, -0.25) is 9.69 Å². The standard InChI is InChI=1S/C19H40N2O2/c1-4-5-6-7-8-9-10-11-12-13-15-20-16-14-17-23-19(22)18-21(2)3/h20H,4-18H2,1-3H3. The Morgan fingerprint density at radius 2 is 1.35 bits per heavy atom. The highest BCUT2D eigenvalue weighted by Crippen LogP contribution is 2.10. The zero-order chi connectivity index (χ0) is 17.2. The molecule has 0 aliphatic rings. The first-order valence-corrected chi connectivity index (χ1v) is 9.68. The number of hydrogen-bond acceptors (Lipinski definition) is 4. The van der Waals surface area contributed by atoms with Gasteiger partial charge in [-0.05, 0) is 40.0 Å². The maximum Gasteiger partial charge on any atom is 0.320 e. The van der Waals surface area contributed by atoms with Crippen molar-refractivity contribution in [1.29, 1.82) is 0 Å². The first kappa shape index (κ1) is 22.4. The topological polar surface area (TPSA) is 41.6 Å². The van der Waals surface area contributed by atoms with Crippen molar-refractivity contribution in [1.82, 2.24) is 10.2 Å². The van der Waals surface area contributed by atoms with Crippen LogP contribution in [-0.4, -0.2) is 51.2 Å². The molecule has 0 aromatic carbocycles. The fourth-order valence-corrected chi connectivity index (χ4v) is 2.55. The van der Waals surface area contributed by atoms with Crippen LogP contribution in [0, 0.1) is 0 Å². The van der Waals surface area contributed by atoms with Crippen LogP contribution in [0.2, 0.25) is 0 Å². The van der Waals surface area contributed by atoms with Crippen molar-refractivity contribution in [3.8, 4) is 0 Å². The number of ether oxygens (including phenoxy) is 1. The van der Waals surface area contributed by atoms with E-state index in [1.54, 1.807) is 0 Å². The molecule has 23 heavy (non-hydrogen) atoms. The minimum Gasteiger partial charge on any atom is -0.465 e. The summed E-state index contributed by atoms with van der Waals surface area (Å²) in [6.07, 6.45) is 14.7. The normalized spacial score (nSPS) is 11.1. The van der Waals surface area contributed by atoms with E-state index in [4.69, 9.17) is 4.74 Å². The monoisotopic (exact) mass is 328 g/mol. The lowest BCUT2D eigenvalue weighted by molar-refractivity contribution is -0.144. The second-order valence-corrected chi connectivity index (χ2v) is 6.74. The van der Waals surface area contributed by atoms with E-state index in [-0.39, 0.29) is 5.97 Å². The summed E-state index contributed by atoms with van der Waals surface area (Å²) < 4.78 is 5.14. The minimum atomic E-state index is -0.135. The van der Waals surface area contributed by atoms with Crippen molar-refractivity contribution in [3.05, 3.63) is 0 Å². The molecule has 0 unspecified atom stereocenters. The van der Waals surface area contributed by atoms with Crippen LogP contribution in [-0.2, 0) is 9.53 Å². The molecule has 0 atom stereocenters. The van der Waals surface area contributed by atoms with E-state index in [0.29, 0.717) is 13.2 Å². The molecule has 0 aromatic rings. The highest BCUT2D eigenvalue weighted by Gasteiger charge is 2.03. The van der Waals surface area contributed by atoms with E-state index < -0.39 is 0 Å². The van der Waals surface area contributed by atoms with E-state index in [0.717, 1.165) is 19.5 Å². The quantitative estimate of drug-likeness (QED) is 0.324. The van der Waals surface area contributed by atoms with Gasteiger partial charge in [-0.15, -0.1) is 0 Å². The summed E-state index contributed by atoms with van der Waals surface area (Å²) in [7, 11) is 3.74. The summed E-state index contributed by atoms with van der Waals surface area (Å²) in [5, 5.41) is 3.42. The summed E-state index contributed by atoms with van der Waals surface area (Å²) >= 11 is 0. The van der Waals surface area contributed by atoms with Gasteiger partial charge in [-0.25, -0.2) is 0 Å². The number of carbonyl (C=O) groups is 1. The van der Waals surface area contributed by atoms with Crippen LogP contribution in [0.15, 0.2) is 0 Å². The lowest BCUT2D eigenvalue weighted by atomic mass is 10.1. The van der Waals surface area contributed by atoms with Gasteiger partial charge < -0.3 is 10.1 Å². The molecule has 0 saturated carbocycles. The number of carbonyl (C=O) groups excluding carboxylic acids is 1. The number of hydrogen-bond donors (Lipinski definition) is 1. The Morgan fingerprint density at radius 1 is 0.826 bits per heavy atom. The average Bonchev–Trinajstić information content (AvgIpc) is 2.50. The molecule has 0 aromatic heterocycles. The third-order valence-corrected chi connectivity index (χ3v) is 3.91. The Balaban J connectivity index is 3.06. The van der Waals surface area contributed by atoms with Gasteiger partial charge in [0.05, 0.1) is 13.2 Å². The summed E-state index contributed by atoms with van der Waals surface area (Å²) in [6, 6.07) is 0. The average molecular weight is 329 g/mol. The molecule has 0 aliphatic carbocycles. The lowest BCUT2D eigenvalue weighted by Gasteiger charge is -2.09. The predicted octanol–water partition coefficient (Wildman–Crippen LogP) is 3.99. The molecule has 0 bridgehead atoms.